The Balaban J connectivity index is 1.92. The molecule has 0 unspecified atom stereocenters. The monoisotopic (exact) mass is 473 g/mol. The number of pyridine rings is 1. The number of halogens is 2. The van der Waals surface area contributed by atoms with E-state index in [-0.39, 0.29) is 22.9 Å². The molecule has 0 fully saturated rings. The fourth-order valence-corrected chi connectivity index (χ4v) is 4.08. The average Bonchev–Trinajstić information content (AvgIpc) is 3.15. The highest BCUT2D eigenvalue weighted by atomic mass is 32.2. The quantitative estimate of drug-likeness (QED) is 0.369. The average molecular weight is 474 g/mol. The summed E-state index contributed by atoms with van der Waals surface area (Å²) in [4.78, 5) is 4.35. The van der Waals surface area contributed by atoms with Gasteiger partial charge in [0, 0.05) is 28.6 Å². The standard InChI is InChI=1S/C23H21F2N3O4S/c1-4-33(30,31)27-16-6-8-21(32-22-7-5-15(24)11-20(22)25)18(12-16)17-10-14(3)28(29)23-19(17)9-13(2)26-23/h5-12,27,29H,4H2,1-3H3. The summed E-state index contributed by atoms with van der Waals surface area (Å²) in [6, 6.07) is 10.9. The van der Waals surface area contributed by atoms with Crippen molar-refractivity contribution in [2.45, 2.75) is 20.8 Å². The predicted molar refractivity (Wildman–Crippen MR) is 120 cm³/mol. The smallest absolute Gasteiger partial charge is 0.232 e. The highest BCUT2D eigenvalue weighted by molar-refractivity contribution is 7.92. The molecule has 0 aliphatic carbocycles. The first-order valence-electron chi connectivity index (χ1n) is 10.0. The Morgan fingerprint density at radius 2 is 1.73 bits per heavy atom. The highest BCUT2D eigenvalue weighted by Gasteiger charge is 2.22. The summed E-state index contributed by atoms with van der Waals surface area (Å²) in [6.45, 7) is 4.97. The molecular formula is C23H21F2N3O4S. The first-order valence-corrected chi connectivity index (χ1v) is 11.7. The Kier molecular flexibility index (Phi) is 5.71. The van der Waals surface area contributed by atoms with Crippen molar-refractivity contribution in [1.29, 1.82) is 0 Å². The molecule has 0 saturated heterocycles. The molecule has 0 spiro atoms. The summed E-state index contributed by atoms with van der Waals surface area (Å²) < 4.78 is 61.1. The van der Waals surface area contributed by atoms with Gasteiger partial charge in [-0.1, -0.05) is 0 Å². The number of ether oxygens (including phenoxy) is 1. The molecule has 4 rings (SSSR count). The third-order valence-corrected chi connectivity index (χ3v) is 6.40. The zero-order valence-corrected chi connectivity index (χ0v) is 18.9. The van der Waals surface area contributed by atoms with E-state index in [9.17, 15) is 22.4 Å². The van der Waals surface area contributed by atoms with Crippen molar-refractivity contribution in [3.63, 3.8) is 0 Å². The number of aryl methyl sites for hydroxylation is 2. The van der Waals surface area contributed by atoms with Crippen LogP contribution >= 0.6 is 0 Å². The summed E-state index contributed by atoms with van der Waals surface area (Å²) in [5.74, 6) is -1.43. The lowest BCUT2D eigenvalue weighted by atomic mass is 9.98. The van der Waals surface area contributed by atoms with Gasteiger partial charge in [-0.05, 0) is 68.8 Å². The minimum atomic E-state index is -3.56. The summed E-state index contributed by atoms with van der Waals surface area (Å²) in [5, 5.41) is 10.4. The largest absolute Gasteiger partial charge is 0.454 e. The lowest BCUT2D eigenvalue weighted by molar-refractivity contribution is 0.180. The number of sulfonamides is 1. The SMILES string of the molecule is CCS(=O)(=O)Nc1ccc(Oc2ccc(F)cc2F)c(-c2cc(C)n(O)c3nc(C)cc2-3)c1. The third-order valence-electron chi connectivity index (χ3n) is 5.09. The number of anilines is 1. The second kappa shape index (κ2) is 8.36. The molecule has 7 nitrogen and oxygen atoms in total. The number of rotatable bonds is 6. The van der Waals surface area contributed by atoms with Crippen LogP contribution in [0.25, 0.3) is 22.5 Å². The van der Waals surface area contributed by atoms with E-state index in [0.717, 1.165) is 10.8 Å². The van der Waals surface area contributed by atoms with E-state index in [1.165, 1.54) is 25.1 Å². The maximum Gasteiger partial charge on any atom is 0.232 e. The topological polar surface area (TPSA) is 93.5 Å². The van der Waals surface area contributed by atoms with Crippen LogP contribution in [0.1, 0.15) is 18.3 Å². The van der Waals surface area contributed by atoms with Crippen LogP contribution in [0.2, 0.25) is 0 Å². The van der Waals surface area contributed by atoms with Gasteiger partial charge in [-0.25, -0.2) is 22.2 Å². The number of hydrogen-bond acceptors (Lipinski definition) is 5. The van der Waals surface area contributed by atoms with Crippen molar-refractivity contribution in [1.82, 2.24) is 9.71 Å². The van der Waals surface area contributed by atoms with Crippen molar-refractivity contribution in [2.75, 3.05) is 10.5 Å². The van der Waals surface area contributed by atoms with Gasteiger partial charge >= 0.3 is 0 Å². The molecule has 2 aliphatic heterocycles. The second-order valence-electron chi connectivity index (χ2n) is 7.54. The van der Waals surface area contributed by atoms with E-state index >= 15 is 0 Å². The molecule has 0 saturated carbocycles. The fourth-order valence-electron chi connectivity index (χ4n) is 3.45. The van der Waals surface area contributed by atoms with Crippen molar-refractivity contribution >= 4 is 15.7 Å². The molecule has 2 aromatic rings. The minimum Gasteiger partial charge on any atom is -0.454 e. The maximum atomic E-state index is 14.3. The second-order valence-corrected chi connectivity index (χ2v) is 9.55. The molecule has 0 radical (unpaired) electrons. The number of nitrogens with one attached hydrogen (secondary N) is 1. The highest BCUT2D eigenvalue weighted by Crippen LogP contribution is 2.42. The molecule has 0 atom stereocenters. The molecule has 33 heavy (non-hydrogen) atoms. The molecule has 2 heterocycles. The lowest BCUT2D eigenvalue weighted by Gasteiger charge is -2.18. The molecular weight excluding hydrogens is 452 g/mol. The van der Waals surface area contributed by atoms with Crippen LogP contribution in [0.3, 0.4) is 0 Å². The van der Waals surface area contributed by atoms with Gasteiger partial charge in [0.2, 0.25) is 10.0 Å². The molecule has 0 bridgehead atoms. The minimum absolute atomic E-state index is 0.119. The van der Waals surface area contributed by atoms with Crippen molar-refractivity contribution in [3.8, 4) is 34.0 Å². The first kappa shape index (κ1) is 22.5. The van der Waals surface area contributed by atoms with E-state index in [4.69, 9.17) is 4.74 Å². The number of fused-ring (bicyclic) bond motifs is 1. The van der Waals surface area contributed by atoms with Gasteiger partial charge in [0.05, 0.1) is 11.4 Å². The van der Waals surface area contributed by atoms with Gasteiger partial charge in [-0.15, -0.1) is 0 Å². The normalized spacial score (nSPS) is 11.7. The molecule has 2 aliphatic rings. The van der Waals surface area contributed by atoms with Crippen LogP contribution in [0.4, 0.5) is 14.5 Å². The van der Waals surface area contributed by atoms with E-state index in [1.807, 2.05) is 0 Å². The Hall–Kier alpha value is -3.66. The van der Waals surface area contributed by atoms with Crippen LogP contribution in [0.5, 0.6) is 11.5 Å². The van der Waals surface area contributed by atoms with E-state index in [0.29, 0.717) is 40.0 Å². The van der Waals surface area contributed by atoms with E-state index < -0.39 is 21.7 Å². The summed E-state index contributed by atoms with van der Waals surface area (Å²) in [7, 11) is -3.56. The third kappa shape index (κ3) is 4.47. The van der Waals surface area contributed by atoms with Crippen LogP contribution in [0, 0.1) is 25.5 Å². The summed E-state index contributed by atoms with van der Waals surface area (Å²) >= 11 is 0. The number of aromatic nitrogens is 2. The van der Waals surface area contributed by atoms with Crippen LogP contribution in [-0.4, -0.2) is 29.1 Å². The maximum absolute atomic E-state index is 14.3. The number of hydrogen-bond donors (Lipinski definition) is 2. The van der Waals surface area contributed by atoms with Crippen molar-refractivity contribution in [2.24, 2.45) is 0 Å². The molecule has 2 aromatic carbocycles. The fraction of sp³-hybridized carbons (Fsp3) is 0.174. The van der Waals surface area contributed by atoms with Crippen molar-refractivity contribution < 1.29 is 27.1 Å². The number of benzene rings is 2. The summed E-state index contributed by atoms with van der Waals surface area (Å²) in [6.07, 6.45) is 0. The van der Waals surface area contributed by atoms with Crippen LogP contribution in [-0.2, 0) is 10.0 Å². The lowest BCUT2D eigenvalue weighted by Crippen LogP contribution is -2.14. The van der Waals surface area contributed by atoms with E-state index in [2.05, 4.69) is 9.71 Å². The Morgan fingerprint density at radius 1 is 1.00 bits per heavy atom. The molecule has 0 aromatic heterocycles. The number of nitrogens with zero attached hydrogens (tertiary/aromatic N) is 2. The first-order chi connectivity index (χ1) is 15.6. The summed E-state index contributed by atoms with van der Waals surface area (Å²) in [5.41, 5.74) is 3.00. The van der Waals surface area contributed by atoms with Gasteiger partial charge in [-0.2, -0.15) is 4.73 Å². The Bertz CT molecular complexity index is 1430. The van der Waals surface area contributed by atoms with Gasteiger partial charge < -0.3 is 9.94 Å². The van der Waals surface area contributed by atoms with E-state index in [1.54, 1.807) is 32.0 Å². The molecule has 2 N–H and O–H groups in total. The molecule has 172 valence electrons. The predicted octanol–water partition coefficient (Wildman–Crippen LogP) is 5.34. The van der Waals surface area contributed by atoms with Crippen LogP contribution in [0.15, 0.2) is 48.5 Å². The van der Waals surface area contributed by atoms with Gasteiger partial charge in [0.15, 0.2) is 17.4 Å². The Labute approximate surface area is 189 Å². The zero-order valence-electron chi connectivity index (χ0n) is 18.1. The van der Waals surface area contributed by atoms with Gasteiger partial charge in [-0.3, -0.25) is 4.72 Å². The van der Waals surface area contributed by atoms with Crippen LogP contribution < -0.4 is 9.46 Å². The van der Waals surface area contributed by atoms with Gasteiger partial charge in [0.25, 0.3) is 0 Å². The zero-order chi connectivity index (χ0) is 23.9. The molecule has 0 amide bonds. The molecule has 10 heteroatoms. The van der Waals surface area contributed by atoms with Crippen molar-refractivity contribution in [3.05, 3.63) is 71.6 Å². The van der Waals surface area contributed by atoms with Gasteiger partial charge in [0.1, 0.15) is 11.6 Å². The Morgan fingerprint density at radius 3 is 2.42 bits per heavy atom.